The molecule has 0 unspecified atom stereocenters. The Labute approximate surface area is 152 Å². The Kier molecular flexibility index (Phi) is 4.25. The third-order valence-electron chi connectivity index (χ3n) is 5.31. The van der Waals surface area contributed by atoms with E-state index >= 15 is 0 Å². The Balaban J connectivity index is 1.48. The van der Waals surface area contributed by atoms with E-state index in [2.05, 4.69) is 15.0 Å². The van der Waals surface area contributed by atoms with E-state index in [1.165, 1.54) is 12.1 Å². The van der Waals surface area contributed by atoms with E-state index in [1.54, 1.807) is 12.1 Å². The molecule has 0 spiro atoms. The molecule has 4 rings (SSSR count). The van der Waals surface area contributed by atoms with Crippen LogP contribution in [0.3, 0.4) is 0 Å². The molecule has 0 radical (unpaired) electrons. The first-order valence-electron chi connectivity index (χ1n) is 8.96. The predicted molar refractivity (Wildman–Crippen MR) is 97.3 cm³/mol. The summed E-state index contributed by atoms with van der Waals surface area (Å²) in [5.41, 5.74) is 3.98. The summed E-state index contributed by atoms with van der Waals surface area (Å²) in [6.45, 7) is 6.33. The zero-order valence-electron chi connectivity index (χ0n) is 15.1. The van der Waals surface area contributed by atoms with Gasteiger partial charge in [-0.2, -0.15) is 5.10 Å². The highest BCUT2D eigenvalue weighted by molar-refractivity contribution is 5.47. The van der Waals surface area contributed by atoms with Gasteiger partial charge in [-0.15, -0.1) is 0 Å². The summed E-state index contributed by atoms with van der Waals surface area (Å²) >= 11 is 0. The quantitative estimate of drug-likeness (QED) is 0.786. The topological polar surface area (TPSA) is 53.7 Å². The number of rotatable bonds is 3. The zero-order chi connectivity index (χ0) is 18.3. The summed E-state index contributed by atoms with van der Waals surface area (Å²) < 4.78 is 15.0. The molecule has 6 heteroatoms. The van der Waals surface area contributed by atoms with E-state index in [9.17, 15) is 9.50 Å². The zero-order valence-corrected chi connectivity index (χ0v) is 15.1. The third-order valence-corrected chi connectivity index (χ3v) is 5.31. The highest BCUT2D eigenvalue weighted by Crippen LogP contribution is 2.33. The van der Waals surface area contributed by atoms with E-state index < -0.39 is 5.60 Å². The molecule has 1 fully saturated rings. The van der Waals surface area contributed by atoms with Crippen LogP contribution in [0.1, 0.15) is 35.4 Å². The van der Waals surface area contributed by atoms with E-state index in [1.807, 2.05) is 30.6 Å². The van der Waals surface area contributed by atoms with Gasteiger partial charge in [0.05, 0.1) is 11.8 Å². The fraction of sp³-hybridized carbons (Fsp3) is 0.400. The Morgan fingerprint density at radius 3 is 2.54 bits per heavy atom. The van der Waals surface area contributed by atoms with Crippen molar-refractivity contribution in [2.24, 2.45) is 0 Å². The highest BCUT2D eigenvalue weighted by Gasteiger charge is 2.34. The number of aliphatic hydroxyl groups is 1. The maximum atomic E-state index is 13.1. The molecular formula is C20H23FN4O. The molecule has 0 saturated carbocycles. The van der Waals surface area contributed by atoms with E-state index in [0.29, 0.717) is 12.8 Å². The number of benzene rings is 1. The molecular weight excluding hydrogens is 331 g/mol. The second-order valence-electron chi connectivity index (χ2n) is 7.26. The van der Waals surface area contributed by atoms with Crippen LogP contribution in [0.4, 0.5) is 4.39 Å². The Bertz CT molecular complexity index is 927. The number of fused-ring (bicyclic) bond motifs is 1. The van der Waals surface area contributed by atoms with Gasteiger partial charge in [0.25, 0.3) is 0 Å². The summed E-state index contributed by atoms with van der Waals surface area (Å²) in [5.74, 6) is -0.277. The number of piperidine rings is 1. The van der Waals surface area contributed by atoms with Gasteiger partial charge in [0.15, 0.2) is 5.65 Å². The van der Waals surface area contributed by atoms with E-state index in [4.69, 9.17) is 0 Å². The molecule has 3 aromatic rings. The standard InChI is InChI=1S/C20H23FN4O/c1-14-11-15(2)25-19(23-14)16(12-22-25)13-24-9-7-20(26,8-10-24)17-3-5-18(21)6-4-17/h3-6,11-12,26H,7-10,13H2,1-2H3. The normalized spacial score (nSPS) is 17.7. The molecule has 1 aliphatic rings. The minimum atomic E-state index is -0.878. The first-order valence-corrected chi connectivity index (χ1v) is 8.96. The molecule has 136 valence electrons. The minimum Gasteiger partial charge on any atom is -0.385 e. The molecule has 0 amide bonds. The number of hydrogen-bond acceptors (Lipinski definition) is 4. The number of aromatic nitrogens is 3. The van der Waals surface area contributed by atoms with Gasteiger partial charge in [0.2, 0.25) is 0 Å². The fourth-order valence-electron chi connectivity index (χ4n) is 3.80. The Morgan fingerprint density at radius 2 is 1.85 bits per heavy atom. The van der Waals surface area contributed by atoms with Crippen LogP contribution in [-0.4, -0.2) is 37.7 Å². The molecule has 1 N–H and O–H groups in total. The molecule has 0 aliphatic carbocycles. The van der Waals surface area contributed by atoms with Crippen LogP contribution in [0.2, 0.25) is 0 Å². The summed E-state index contributed by atoms with van der Waals surface area (Å²) in [5, 5.41) is 15.4. The van der Waals surface area contributed by atoms with Crippen molar-refractivity contribution >= 4 is 5.65 Å². The summed E-state index contributed by atoms with van der Waals surface area (Å²) in [6, 6.07) is 8.22. The molecule has 26 heavy (non-hydrogen) atoms. The highest BCUT2D eigenvalue weighted by atomic mass is 19.1. The molecule has 5 nitrogen and oxygen atoms in total. The third kappa shape index (κ3) is 3.10. The number of hydrogen-bond donors (Lipinski definition) is 1. The fourth-order valence-corrected chi connectivity index (χ4v) is 3.80. The largest absolute Gasteiger partial charge is 0.385 e. The van der Waals surface area contributed by atoms with Gasteiger partial charge in [-0.05, 0) is 50.5 Å². The average molecular weight is 354 g/mol. The van der Waals surface area contributed by atoms with Gasteiger partial charge in [0.1, 0.15) is 5.82 Å². The molecule has 0 bridgehead atoms. The van der Waals surface area contributed by atoms with E-state index in [-0.39, 0.29) is 5.82 Å². The van der Waals surface area contributed by atoms with Gasteiger partial charge >= 0.3 is 0 Å². The van der Waals surface area contributed by atoms with Crippen molar-refractivity contribution in [1.82, 2.24) is 19.5 Å². The van der Waals surface area contributed by atoms with Crippen molar-refractivity contribution in [2.75, 3.05) is 13.1 Å². The lowest BCUT2D eigenvalue weighted by atomic mass is 9.84. The molecule has 1 aliphatic heterocycles. The summed E-state index contributed by atoms with van der Waals surface area (Å²) in [4.78, 5) is 6.95. The van der Waals surface area contributed by atoms with Gasteiger partial charge in [-0.1, -0.05) is 12.1 Å². The number of halogens is 1. The monoisotopic (exact) mass is 354 g/mol. The minimum absolute atomic E-state index is 0.277. The van der Waals surface area contributed by atoms with Crippen LogP contribution in [0.5, 0.6) is 0 Å². The lowest BCUT2D eigenvalue weighted by Gasteiger charge is -2.38. The smallest absolute Gasteiger partial charge is 0.159 e. The van der Waals surface area contributed by atoms with Crippen molar-refractivity contribution in [3.05, 3.63) is 64.9 Å². The number of nitrogens with zero attached hydrogens (tertiary/aromatic N) is 4. The second kappa shape index (κ2) is 6.45. The van der Waals surface area contributed by atoms with Crippen LogP contribution < -0.4 is 0 Å². The van der Waals surface area contributed by atoms with Gasteiger partial charge in [-0.3, -0.25) is 4.90 Å². The van der Waals surface area contributed by atoms with Crippen LogP contribution in [0.25, 0.3) is 5.65 Å². The van der Waals surface area contributed by atoms with Crippen molar-refractivity contribution in [3.8, 4) is 0 Å². The van der Waals surface area contributed by atoms with Gasteiger partial charge in [-0.25, -0.2) is 13.9 Å². The van der Waals surface area contributed by atoms with Crippen LogP contribution in [0.15, 0.2) is 36.5 Å². The average Bonchev–Trinajstić information content (AvgIpc) is 3.01. The van der Waals surface area contributed by atoms with E-state index in [0.717, 1.165) is 47.8 Å². The molecule has 2 aromatic heterocycles. The van der Waals surface area contributed by atoms with Crippen molar-refractivity contribution in [1.29, 1.82) is 0 Å². The Hall–Kier alpha value is -2.31. The lowest BCUT2D eigenvalue weighted by Crippen LogP contribution is -2.42. The molecule has 1 saturated heterocycles. The lowest BCUT2D eigenvalue weighted by molar-refractivity contribution is -0.0277. The summed E-state index contributed by atoms with van der Waals surface area (Å²) in [7, 11) is 0. The maximum absolute atomic E-state index is 13.1. The first-order chi connectivity index (χ1) is 12.4. The first kappa shape index (κ1) is 17.1. The number of aryl methyl sites for hydroxylation is 2. The summed E-state index contributed by atoms with van der Waals surface area (Å²) in [6.07, 6.45) is 3.14. The maximum Gasteiger partial charge on any atom is 0.159 e. The predicted octanol–water partition coefficient (Wildman–Crippen LogP) is 2.97. The molecule has 0 atom stereocenters. The number of likely N-dealkylation sites (tertiary alicyclic amines) is 1. The van der Waals surface area contributed by atoms with Crippen LogP contribution in [0, 0.1) is 19.7 Å². The molecule has 1 aromatic carbocycles. The van der Waals surface area contributed by atoms with Crippen molar-refractivity contribution < 1.29 is 9.50 Å². The van der Waals surface area contributed by atoms with Crippen LogP contribution >= 0.6 is 0 Å². The van der Waals surface area contributed by atoms with Crippen molar-refractivity contribution in [3.63, 3.8) is 0 Å². The van der Waals surface area contributed by atoms with Crippen LogP contribution in [-0.2, 0) is 12.1 Å². The molecule has 3 heterocycles. The van der Waals surface area contributed by atoms with Gasteiger partial charge < -0.3 is 5.11 Å². The van der Waals surface area contributed by atoms with Crippen molar-refractivity contribution in [2.45, 2.75) is 38.8 Å². The Morgan fingerprint density at radius 1 is 1.15 bits per heavy atom. The van der Waals surface area contributed by atoms with Gasteiger partial charge in [0, 0.05) is 36.6 Å². The SMILES string of the molecule is Cc1cc(C)n2ncc(CN3CCC(O)(c4ccc(F)cc4)CC3)c2n1. The second-order valence-corrected chi connectivity index (χ2v) is 7.26.